The Morgan fingerprint density at radius 3 is 2.14 bits per heavy atom. The lowest BCUT2D eigenvalue weighted by Gasteiger charge is -2.27. The van der Waals surface area contributed by atoms with Gasteiger partial charge >= 0.3 is 0 Å². The van der Waals surface area contributed by atoms with Crippen molar-refractivity contribution in [3.8, 4) is 11.5 Å². The van der Waals surface area contributed by atoms with Gasteiger partial charge in [0, 0.05) is 17.7 Å². The van der Waals surface area contributed by atoms with Gasteiger partial charge in [-0.1, -0.05) is 18.1 Å². The first-order chi connectivity index (χ1) is 13.8. The van der Waals surface area contributed by atoms with Gasteiger partial charge in [-0.05, 0) is 77.9 Å². The number of Topliss-reactive ketones (excluding diaryl/α,β-unsaturated/α-hetero) is 1. The molecule has 5 nitrogen and oxygen atoms in total. The van der Waals surface area contributed by atoms with Crippen molar-refractivity contribution in [3.05, 3.63) is 47.1 Å². The van der Waals surface area contributed by atoms with E-state index in [4.69, 9.17) is 15.2 Å². The molecule has 1 saturated heterocycles. The van der Waals surface area contributed by atoms with Crippen molar-refractivity contribution in [2.45, 2.75) is 59.5 Å². The number of hydrogen-bond donors (Lipinski definition) is 1. The van der Waals surface area contributed by atoms with E-state index in [1.54, 1.807) is 12.1 Å². The number of carbonyl (C=O) groups is 1. The fraction of sp³-hybridized carbons (Fsp3) is 0.542. The maximum Gasteiger partial charge on any atom is 0.181 e. The molecule has 0 aromatic heterocycles. The van der Waals surface area contributed by atoms with Crippen molar-refractivity contribution < 1.29 is 14.3 Å². The van der Waals surface area contributed by atoms with Gasteiger partial charge in [-0.25, -0.2) is 0 Å². The number of hydrogen-bond acceptors (Lipinski definition) is 5. The highest BCUT2D eigenvalue weighted by Crippen LogP contribution is 2.27. The van der Waals surface area contributed by atoms with Crippen LogP contribution in [0.25, 0.3) is 0 Å². The first kappa shape index (κ1) is 23.2. The van der Waals surface area contributed by atoms with Crippen molar-refractivity contribution in [1.29, 1.82) is 0 Å². The number of ketones is 1. The zero-order valence-corrected chi connectivity index (χ0v) is 18.5. The molecule has 1 aromatic rings. The van der Waals surface area contributed by atoms with Crippen LogP contribution in [0.1, 0.15) is 57.8 Å². The van der Waals surface area contributed by atoms with Crippen LogP contribution in [0.2, 0.25) is 0 Å². The minimum absolute atomic E-state index is 0.0601. The fourth-order valence-corrected chi connectivity index (χ4v) is 3.51. The zero-order chi connectivity index (χ0) is 21.4. The summed E-state index contributed by atoms with van der Waals surface area (Å²) in [4.78, 5) is 15.5. The summed E-state index contributed by atoms with van der Waals surface area (Å²) in [5.41, 5.74) is 9.31. The Balaban J connectivity index is 2.23. The fourth-order valence-electron chi connectivity index (χ4n) is 3.51. The summed E-state index contributed by atoms with van der Waals surface area (Å²) in [5, 5.41) is 0. The third kappa shape index (κ3) is 7.02. The molecule has 1 fully saturated rings. The molecular weight excluding hydrogens is 364 g/mol. The van der Waals surface area contributed by atoms with Gasteiger partial charge in [0.25, 0.3) is 0 Å². The Kier molecular flexibility index (Phi) is 8.93. The SMILES string of the molecule is CCN1CCCC1C(N)C(=O)c1cc(OCC=C(C)C)cc(OCC=C(C)C)c1. The van der Waals surface area contributed by atoms with E-state index in [9.17, 15) is 4.79 Å². The summed E-state index contributed by atoms with van der Waals surface area (Å²) in [6.45, 7) is 13.0. The summed E-state index contributed by atoms with van der Waals surface area (Å²) >= 11 is 0. The lowest BCUT2D eigenvalue weighted by molar-refractivity contribution is 0.0907. The molecule has 1 aliphatic heterocycles. The minimum atomic E-state index is -0.545. The number of benzene rings is 1. The Morgan fingerprint density at radius 1 is 1.10 bits per heavy atom. The zero-order valence-electron chi connectivity index (χ0n) is 18.5. The van der Waals surface area contributed by atoms with E-state index in [1.807, 2.05) is 45.9 Å². The van der Waals surface area contributed by atoms with Crippen molar-refractivity contribution in [2.24, 2.45) is 5.73 Å². The molecule has 160 valence electrons. The highest BCUT2D eigenvalue weighted by Gasteiger charge is 2.33. The van der Waals surface area contributed by atoms with Crippen LogP contribution >= 0.6 is 0 Å². The maximum atomic E-state index is 13.2. The van der Waals surface area contributed by atoms with Gasteiger partial charge < -0.3 is 15.2 Å². The smallest absolute Gasteiger partial charge is 0.181 e. The predicted molar refractivity (Wildman–Crippen MR) is 119 cm³/mol. The Labute approximate surface area is 175 Å². The van der Waals surface area contributed by atoms with Crippen molar-refractivity contribution >= 4 is 5.78 Å². The summed E-state index contributed by atoms with van der Waals surface area (Å²) in [5.74, 6) is 1.17. The second kappa shape index (κ2) is 11.2. The quantitative estimate of drug-likeness (QED) is 0.467. The minimum Gasteiger partial charge on any atom is -0.489 e. The van der Waals surface area contributed by atoms with Crippen molar-refractivity contribution in [3.63, 3.8) is 0 Å². The monoisotopic (exact) mass is 400 g/mol. The molecule has 2 rings (SSSR count). The number of nitrogens with two attached hydrogens (primary N) is 1. The molecule has 0 spiro atoms. The van der Waals surface area contributed by atoms with E-state index in [2.05, 4.69) is 11.8 Å². The third-order valence-corrected chi connectivity index (χ3v) is 5.19. The number of carbonyl (C=O) groups excluding carboxylic acids is 1. The standard InChI is InChI=1S/C24H36N2O3/c1-6-26-11-7-8-22(26)23(25)24(27)19-14-20(28-12-9-17(2)3)16-21(15-19)29-13-10-18(4)5/h9-10,14-16,22-23H,6-8,11-13,25H2,1-5H3. The lowest BCUT2D eigenvalue weighted by atomic mass is 9.96. The molecule has 0 radical (unpaired) electrons. The summed E-state index contributed by atoms with van der Waals surface area (Å²) in [7, 11) is 0. The first-order valence-corrected chi connectivity index (χ1v) is 10.5. The molecule has 0 amide bonds. The van der Waals surface area contributed by atoms with Crippen molar-refractivity contribution in [1.82, 2.24) is 4.90 Å². The van der Waals surface area contributed by atoms with Gasteiger partial charge in [0.05, 0.1) is 6.04 Å². The average molecular weight is 401 g/mol. The van der Waals surface area contributed by atoms with Crippen LogP contribution in [0.4, 0.5) is 0 Å². The number of nitrogens with zero attached hydrogens (tertiary/aromatic N) is 1. The molecule has 29 heavy (non-hydrogen) atoms. The number of likely N-dealkylation sites (tertiary alicyclic amines) is 1. The van der Waals surface area contributed by atoms with Gasteiger partial charge in [0.15, 0.2) is 5.78 Å². The maximum absolute atomic E-state index is 13.2. The molecule has 0 aliphatic carbocycles. The molecule has 1 heterocycles. The number of allylic oxidation sites excluding steroid dienone is 2. The van der Waals surface area contributed by atoms with Crippen LogP contribution in [0.5, 0.6) is 11.5 Å². The highest BCUT2D eigenvalue weighted by atomic mass is 16.5. The number of rotatable bonds is 10. The molecule has 2 N–H and O–H groups in total. The summed E-state index contributed by atoms with van der Waals surface area (Å²) in [6.07, 6.45) is 6.05. The van der Waals surface area contributed by atoms with Gasteiger partial charge in [-0.15, -0.1) is 0 Å². The van der Waals surface area contributed by atoms with Crippen LogP contribution in [0.3, 0.4) is 0 Å². The highest BCUT2D eigenvalue weighted by molar-refractivity contribution is 6.01. The predicted octanol–water partition coefficient (Wildman–Crippen LogP) is 4.37. The Morgan fingerprint density at radius 2 is 1.66 bits per heavy atom. The van der Waals surface area contributed by atoms with Crippen LogP contribution in [0.15, 0.2) is 41.5 Å². The van der Waals surface area contributed by atoms with Crippen LogP contribution < -0.4 is 15.2 Å². The van der Waals surface area contributed by atoms with Gasteiger partial charge in [-0.3, -0.25) is 9.69 Å². The molecule has 0 bridgehead atoms. The van der Waals surface area contributed by atoms with E-state index in [0.29, 0.717) is 30.3 Å². The third-order valence-electron chi connectivity index (χ3n) is 5.19. The summed E-state index contributed by atoms with van der Waals surface area (Å²) < 4.78 is 11.7. The first-order valence-electron chi connectivity index (χ1n) is 10.5. The molecule has 2 unspecified atom stereocenters. The van der Waals surface area contributed by atoms with Gasteiger partial charge in [-0.2, -0.15) is 0 Å². The van der Waals surface area contributed by atoms with E-state index in [1.165, 1.54) is 11.1 Å². The summed E-state index contributed by atoms with van der Waals surface area (Å²) in [6, 6.07) is 4.93. The van der Waals surface area contributed by atoms with Gasteiger partial charge in [0.1, 0.15) is 24.7 Å². The lowest BCUT2D eigenvalue weighted by Crippen LogP contribution is -2.48. The molecule has 1 aromatic carbocycles. The largest absolute Gasteiger partial charge is 0.489 e. The molecule has 1 aliphatic rings. The second-order valence-electron chi connectivity index (χ2n) is 8.11. The Bertz CT molecular complexity index is 706. The normalized spacial score (nSPS) is 17.5. The molecule has 2 atom stereocenters. The molecule has 0 saturated carbocycles. The average Bonchev–Trinajstić information content (AvgIpc) is 3.15. The Hall–Kier alpha value is -2.11. The van der Waals surface area contributed by atoms with E-state index in [0.717, 1.165) is 25.9 Å². The molecular formula is C24H36N2O3. The topological polar surface area (TPSA) is 64.8 Å². The van der Waals surface area contributed by atoms with E-state index < -0.39 is 6.04 Å². The van der Waals surface area contributed by atoms with Crippen LogP contribution in [0, 0.1) is 0 Å². The van der Waals surface area contributed by atoms with Gasteiger partial charge in [0.2, 0.25) is 0 Å². The van der Waals surface area contributed by atoms with Crippen LogP contribution in [-0.2, 0) is 0 Å². The second-order valence-corrected chi connectivity index (χ2v) is 8.11. The van der Waals surface area contributed by atoms with E-state index in [-0.39, 0.29) is 11.8 Å². The van der Waals surface area contributed by atoms with Crippen LogP contribution in [-0.4, -0.2) is 49.1 Å². The van der Waals surface area contributed by atoms with Crippen molar-refractivity contribution in [2.75, 3.05) is 26.3 Å². The van der Waals surface area contributed by atoms with E-state index >= 15 is 0 Å². The number of ether oxygens (including phenoxy) is 2. The molecule has 5 heteroatoms. The number of likely N-dealkylation sites (N-methyl/N-ethyl adjacent to an activating group) is 1.